The average molecular weight is 494 g/mol. The van der Waals surface area contributed by atoms with Crippen molar-refractivity contribution in [1.82, 2.24) is 24.7 Å². The Bertz CT molecular complexity index is 1670. The van der Waals surface area contributed by atoms with Gasteiger partial charge >= 0.3 is 0 Å². The molecular weight excluding hydrogens is 469 g/mol. The lowest BCUT2D eigenvalue weighted by Gasteiger charge is -2.17. The zero-order valence-corrected chi connectivity index (χ0v) is 20.0. The quantitative estimate of drug-likeness (QED) is 0.385. The second-order valence-electron chi connectivity index (χ2n) is 9.88. The van der Waals surface area contributed by atoms with Crippen LogP contribution in [0.4, 0.5) is 4.39 Å². The van der Waals surface area contributed by atoms with Crippen LogP contribution in [-0.2, 0) is 10.2 Å². The number of hydrogen-bond donors (Lipinski definition) is 1. The third-order valence-electron chi connectivity index (χ3n) is 7.57. The molecule has 2 fully saturated rings. The molecule has 1 aliphatic carbocycles. The van der Waals surface area contributed by atoms with Gasteiger partial charge in [0, 0.05) is 41.6 Å². The summed E-state index contributed by atoms with van der Waals surface area (Å²) >= 11 is 0. The molecule has 0 radical (unpaired) electrons. The monoisotopic (exact) mass is 493 g/mol. The van der Waals surface area contributed by atoms with Gasteiger partial charge < -0.3 is 10.1 Å². The van der Waals surface area contributed by atoms with Crippen LogP contribution in [0.25, 0.3) is 27.8 Å². The van der Waals surface area contributed by atoms with E-state index < -0.39 is 11.7 Å². The summed E-state index contributed by atoms with van der Waals surface area (Å²) in [6, 6.07) is 15.1. The third kappa shape index (κ3) is 3.76. The molecule has 1 amide bonds. The largest absolute Gasteiger partial charge is 0.379 e. The summed E-state index contributed by atoms with van der Waals surface area (Å²) in [6.45, 7) is 1.07. The van der Waals surface area contributed by atoms with E-state index in [9.17, 15) is 4.79 Å². The molecule has 37 heavy (non-hydrogen) atoms. The van der Waals surface area contributed by atoms with Crippen molar-refractivity contribution in [3.63, 3.8) is 0 Å². The summed E-state index contributed by atoms with van der Waals surface area (Å²) in [4.78, 5) is 26.1. The van der Waals surface area contributed by atoms with Crippen molar-refractivity contribution >= 4 is 22.6 Å². The first kappa shape index (κ1) is 22.1. The van der Waals surface area contributed by atoms with Crippen LogP contribution in [0.2, 0.25) is 0 Å². The van der Waals surface area contributed by atoms with Crippen molar-refractivity contribution in [3.8, 4) is 11.1 Å². The van der Waals surface area contributed by atoms with Gasteiger partial charge in [0.25, 0.3) is 5.91 Å². The summed E-state index contributed by atoms with van der Waals surface area (Å²) < 4.78 is 22.3. The number of nitrogens with zero attached hydrogens (tertiary/aromatic N) is 4. The lowest BCUT2D eigenvalue weighted by molar-refractivity contribution is 0.0926. The minimum Gasteiger partial charge on any atom is -0.379 e. The van der Waals surface area contributed by atoms with E-state index in [4.69, 9.17) is 4.74 Å². The number of rotatable bonds is 5. The summed E-state index contributed by atoms with van der Waals surface area (Å²) in [5, 5.41) is 3.95. The first-order valence-electron chi connectivity index (χ1n) is 12.5. The molecule has 5 aromatic rings. The number of benzene rings is 2. The van der Waals surface area contributed by atoms with Gasteiger partial charge in [0.05, 0.1) is 35.6 Å². The molecule has 1 saturated heterocycles. The van der Waals surface area contributed by atoms with Crippen LogP contribution in [0.15, 0.2) is 73.3 Å². The number of carbonyl (C=O) groups is 1. The highest BCUT2D eigenvalue weighted by molar-refractivity contribution is 5.95. The number of fused-ring (bicyclic) bond motifs is 2. The molecule has 4 heterocycles. The number of aromatic nitrogens is 4. The van der Waals surface area contributed by atoms with Crippen molar-refractivity contribution in [2.45, 2.75) is 30.7 Å². The van der Waals surface area contributed by atoms with Crippen molar-refractivity contribution < 1.29 is 13.9 Å². The molecular formula is C29H24FN5O2. The molecule has 1 atom stereocenters. The first-order valence-corrected chi connectivity index (χ1v) is 12.5. The number of nitrogens with one attached hydrogen (secondary N) is 1. The maximum Gasteiger partial charge on any atom is 0.254 e. The van der Waals surface area contributed by atoms with Crippen LogP contribution in [0.1, 0.15) is 40.9 Å². The first-order chi connectivity index (χ1) is 18.1. The number of pyridine rings is 1. The van der Waals surface area contributed by atoms with Crippen LogP contribution >= 0.6 is 0 Å². The molecule has 1 N–H and O–H groups in total. The van der Waals surface area contributed by atoms with Crippen LogP contribution in [-0.4, -0.2) is 44.5 Å². The van der Waals surface area contributed by atoms with Crippen molar-refractivity contribution in [2.24, 2.45) is 0 Å². The Morgan fingerprint density at radius 1 is 1.05 bits per heavy atom. The average Bonchev–Trinajstić information content (AvgIpc) is 3.35. The lowest BCUT2D eigenvalue weighted by atomic mass is 9.91. The molecule has 1 aliphatic heterocycles. The van der Waals surface area contributed by atoms with E-state index in [1.54, 1.807) is 18.5 Å². The van der Waals surface area contributed by atoms with Gasteiger partial charge in [-0.1, -0.05) is 18.2 Å². The van der Waals surface area contributed by atoms with Gasteiger partial charge in [0.2, 0.25) is 5.78 Å². The Labute approximate surface area is 212 Å². The molecule has 0 bridgehead atoms. The zero-order valence-electron chi connectivity index (χ0n) is 20.0. The van der Waals surface area contributed by atoms with E-state index >= 15 is 4.39 Å². The normalized spacial score (nSPS) is 18.4. The molecule has 1 saturated carbocycles. The number of imidazole rings is 1. The van der Waals surface area contributed by atoms with Gasteiger partial charge in [0.15, 0.2) is 0 Å². The van der Waals surface area contributed by atoms with Crippen LogP contribution in [0, 0.1) is 5.82 Å². The van der Waals surface area contributed by atoms with Gasteiger partial charge in [-0.15, -0.1) is 0 Å². The van der Waals surface area contributed by atoms with Crippen LogP contribution in [0.5, 0.6) is 0 Å². The number of amides is 1. The smallest absolute Gasteiger partial charge is 0.254 e. The van der Waals surface area contributed by atoms with Gasteiger partial charge in [-0.05, 0) is 60.7 Å². The second-order valence-corrected chi connectivity index (χ2v) is 9.88. The highest BCUT2D eigenvalue weighted by Crippen LogP contribution is 2.53. The predicted molar refractivity (Wildman–Crippen MR) is 137 cm³/mol. The number of halogens is 1. The fourth-order valence-electron chi connectivity index (χ4n) is 5.36. The highest BCUT2D eigenvalue weighted by atomic mass is 19.1. The maximum atomic E-state index is 15.0. The second kappa shape index (κ2) is 8.45. The molecule has 7 rings (SSSR count). The van der Waals surface area contributed by atoms with Gasteiger partial charge in [-0.3, -0.25) is 14.2 Å². The Hall–Kier alpha value is -4.17. The summed E-state index contributed by atoms with van der Waals surface area (Å²) in [7, 11) is 0. The van der Waals surface area contributed by atoms with Crippen LogP contribution in [0.3, 0.4) is 0 Å². The summed E-state index contributed by atoms with van der Waals surface area (Å²) in [5.74, 6) is -0.391. The van der Waals surface area contributed by atoms with E-state index in [-0.39, 0.29) is 17.0 Å². The van der Waals surface area contributed by atoms with Gasteiger partial charge in [-0.2, -0.15) is 0 Å². The molecule has 8 heteroatoms. The van der Waals surface area contributed by atoms with E-state index in [0.717, 1.165) is 41.4 Å². The highest BCUT2D eigenvalue weighted by Gasteiger charge is 2.48. The topological polar surface area (TPSA) is 81.4 Å². The number of hydrogen-bond acceptors (Lipinski definition) is 5. The molecule has 2 aliphatic rings. The lowest BCUT2D eigenvalue weighted by Crippen LogP contribution is -2.35. The van der Waals surface area contributed by atoms with Gasteiger partial charge in [-0.25, -0.2) is 14.4 Å². The Balaban J connectivity index is 1.23. The van der Waals surface area contributed by atoms with Crippen molar-refractivity contribution in [2.75, 3.05) is 13.2 Å². The minimum absolute atomic E-state index is 0.0238. The predicted octanol–water partition coefficient (Wildman–Crippen LogP) is 4.68. The van der Waals surface area contributed by atoms with Gasteiger partial charge in [0.1, 0.15) is 5.82 Å². The molecule has 0 spiro atoms. The SMILES string of the molecule is O=C(NC1CCOC1)c1ccc(-c2cnc3ncc(C4(c5ccc6ncccc6c5)CC4)n3c2)cc1F. The van der Waals surface area contributed by atoms with Crippen molar-refractivity contribution in [3.05, 3.63) is 96.0 Å². The summed E-state index contributed by atoms with van der Waals surface area (Å²) in [6.07, 6.45) is 10.1. The maximum absolute atomic E-state index is 15.0. The van der Waals surface area contributed by atoms with E-state index in [1.807, 2.05) is 22.9 Å². The Kier molecular flexibility index (Phi) is 5.04. The molecule has 1 unspecified atom stereocenters. The van der Waals surface area contributed by atoms with E-state index in [2.05, 4.69) is 44.5 Å². The number of carbonyl (C=O) groups excluding carboxylic acids is 1. The van der Waals surface area contributed by atoms with E-state index in [1.165, 1.54) is 17.7 Å². The zero-order chi connectivity index (χ0) is 25.0. The fourth-order valence-corrected chi connectivity index (χ4v) is 5.36. The minimum atomic E-state index is -0.566. The molecule has 3 aromatic heterocycles. The number of ether oxygens (including phenoxy) is 1. The molecule has 7 nitrogen and oxygen atoms in total. The fraction of sp³-hybridized carbons (Fsp3) is 0.241. The third-order valence-corrected chi connectivity index (χ3v) is 7.57. The molecule has 2 aromatic carbocycles. The Morgan fingerprint density at radius 3 is 2.76 bits per heavy atom. The Morgan fingerprint density at radius 2 is 1.95 bits per heavy atom. The van der Waals surface area contributed by atoms with Crippen LogP contribution < -0.4 is 5.32 Å². The molecule has 184 valence electrons. The standard InChI is InChI=1S/C29H24FN5O2/c30-24-13-18(3-5-23(24)27(36)34-22-7-11-37-17-22)20-14-32-28-33-15-26(35(28)16-20)29(8-9-29)21-4-6-25-19(12-21)2-1-10-31-25/h1-6,10,12-16,22H,7-9,11,17H2,(H,34,36). The van der Waals surface area contributed by atoms with Crippen molar-refractivity contribution in [1.29, 1.82) is 0 Å². The van der Waals surface area contributed by atoms with E-state index in [0.29, 0.717) is 24.6 Å². The summed E-state index contributed by atoms with van der Waals surface area (Å²) in [5.41, 5.74) is 4.55.